The Hall–Kier alpha value is -2.92. The summed E-state index contributed by atoms with van der Waals surface area (Å²) in [5.74, 6) is -0.570. The second-order valence-electron chi connectivity index (χ2n) is 6.11. The Morgan fingerprint density at radius 2 is 1.70 bits per heavy atom. The van der Waals surface area contributed by atoms with E-state index in [0.717, 1.165) is 5.56 Å². The van der Waals surface area contributed by atoms with Crippen molar-refractivity contribution in [3.63, 3.8) is 0 Å². The van der Waals surface area contributed by atoms with Crippen LogP contribution in [0.15, 0.2) is 71.7 Å². The molecule has 27 heavy (non-hydrogen) atoms. The van der Waals surface area contributed by atoms with Crippen LogP contribution in [0.4, 0.5) is 10.1 Å². The van der Waals surface area contributed by atoms with Gasteiger partial charge in [-0.25, -0.2) is 4.39 Å². The summed E-state index contributed by atoms with van der Waals surface area (Å²) in [6, 6.07) is 16.6. The largest absolute Gasteiger partial charge is 0.325 e. The first-order valence-electron chi connectivity index (χ1n) is 8.50. The quantitative estimate of drug-likeness (QED) is 0.690. The molecule has 1 aromatic heterocycles. The van der Waals surface area contributed by atoms with Crippen molar-refractivity contribution in [3.05, 3.63) is 99.2 Å². The number of rotatable bonds is 6. The molecule has 1 heterocycles. The van der Waals surface area contributed by atoms with E-state index in [2.05, 4.69) is 5.32 Å². The van der Waals surface area contributed by atoms with Crippen LogP contribution in [0.25, 0.3) is 0 Å². The molecule has 4 nitrogen and oxygen atoms in total. The Balaban J connectivity index is 1.67. The summed E-state index contributed by atoms with van der Waals surface area (Å²) in [4.78, 5) is 24.3. The Bertz CT molecular complexity index is 1020. The van der Waals surface area contributed by atoms with Crippen LogP contribution in [-0.4, -0.2) is 10.5 Å². The molecule has 0 spiro atoms. The fraction of sp³-hybridized carbons (Fsp3) is 0.143. The molecule has 0 aliphatic heterocycles. The monoisotopic (exact) mass is 384 g/mol. The molecule has 0 aliphatic carbocycles. The number of hydrogen-bond donors (Lipinski definition) is 1. The van der Waals surface area contributed by atoms with E-state index < -0.39 is 0 Å². The molecule has 138 valence electrons. The highest BCUT2D eigenvalue weighted by Gasteiger charge is 2.08. The Labute approximate surface area is 161 Å². The second-order valence-corrected chi connectivity index (χ2v) is 6.52. The summed E-state index contributed by atoms with van der Waals surface area (Å²) in [5.41, 5.74) is 1.61. The highest BCUT2D eigenvalue weighted by molar-refractivity contribution is 6.31. The molecule has 1 amide bonds. The lowest BCUT2D eigenvalue weighted by Crippen LogP contribution is -2.21. The van der Waals surface area contributed by atoms with Crippen LogP contribution in [-0.2, 0) is 17.8 Å². The highest BCUT2D eigenvalue weighted by Crippen LogP contribution is 2.16. The van der Waals surface area contributed by atoms with Crippen LogP contribution in [0.5, 0.6) is 0 Å². The standard InChI is InChI=1S/C21H18ClFN2O2/c22-18-7-3-1-6-16(18)13-25-14-17(10-12-21(25)27)24-20(26)11-9-15-5-2-4-8-19(15)23/h1-8,10,12,14H,9,11,13H2,(H,24,26). The molecule has 6 heteroatoms. The van der Waals surface area contributed by atoms with Crippen molar-refractivity contribution in [2.75, 3.05) is 5.32 Å². The number of aromatic nitrogens is 1. The average Bonchev–Trinajstić information content (AvgIpc) is 2.65. The minimum atomic E-state index is -0.321. The number of nitrogens with zero attached hydrogens (tertiary/aromatic N) is 1. The smallest absolute Gasteiger partial charge is 0.250 e. The first-order chi connectivity index (χ1) is 13.0. The molecule has 2 aromatic carbocycles. The lowest BCUT2D eigenvalue weighted by atomic mass is 10.1. The summed E-state index contributed by atoms with van der Waals surface area (Å²) < 4.78 is 15.1. The van der Waals surface area contributed by atoms with Gasteiger partial charge in [-0.1, -0.05) is 48.0 Å². The first-order valence-corrected chi connectivity index (χ1v) is 8.88. The molecule has 0 unspecified atom stereocenters. The summed E-state index contributed by atoms with van der Waals surface area (Å²) in [6.45, 7) is 0.303. The molecular formula is C21H18ClFN2O2. The number of amides is 1. The average molecular weight is 385 g/mol. The molecule has 1 N–H and O–H groups in total. The fourth-order valence-electron chi connectivity index (χ4n) is 2.71. The molecule has 0 atom stereocenters. The molecule has 0 aliphatic rings. The van der Waals surface area contributed by atoms with Crippen LogP contribution >= 0.6 is 11.6 Å². The van der Waals surface area contributed by atoms with E-state index in [1.165, 1.54) is 16.7 Å². The van der Waals surface area contributed by atoms with Gasteiger partial charge < -0.3 is 9.88 Å². The zero-order chi connectivity index (χ0) is 19.2. The van der Waals surface area contributed by atoms with Gasteiger partial charge in [0.2, 0.25) is 5.91 Å². The van der Waals surface area contributed by atoms with Crippen molar-refractivity contribution >= 4 is 23.2 Å². The van der Waals surface area contributed by atoms with Crippen LogP contribution < -0.4 is 10.9 Å². The van der Waals surface area contributed by atoms with Gasteiger partial charge in [0, 0.05) is 23.7 Å². The van der Waals surface area contributed by atoms with E-state index >= 15 is 0 Å². The number of aryl methyl sites for hydroxylation is 1. The summed E-state index contributed by atoms with van der Waals surface area (Å²) in [7, 11) is 0. The predicted molar refractivity (Wildman–Crippen MR) is 105 cm³/mol. The number of halogens is 2. The Morgan fingerprint density at radius 3 is 2.44 bits per heavy atom. The van der Waals surface area contributed by atoms with E-state index in [4.69, 9.17) is 11.6 Å². The third-order valence-electron chi connectivity index (χ3n) is 4.14. The third kappa shape index (κ3) is 5.05. The zero-order valence-corrected chi connectivity index (χ0v) is 15.2. The van der Waals surface area contributed by atoms with Gasteiger partial charge in [0.05, 0.1) is 12.2 Å². The van der Waals surface area contributed by atoms with E-state index in [9.17, 15) is 14.0 Å². The summed E-state index contributed by atoms with van der Waals surface area (Å²) >= 11 is 6.15. The van der Waals surface area contributed by atoms with Crippen LogP contribution in [0.3, 0.4) is 0 Å². The van der Waals surface area contributed by atoms with Crippen molar-refractivity contribution in [2.24, 2.45) is 0 Å². The van der Waals surface area contributed by atoms with Gasteiger partial charge in [0.15, 0.2) is 0 Å². The maximum absolute atomic E-state index is 13.6. The maximum Gasteiger partial charge on any atom is 0.250 e. The van der Waals surface area contributed by atoms with Crippen molar-refractivity contribution < 1.29 is 9.18 Å². The van der Waals surface area contributed by atoms with Gasteiger partial charge in [0.25, 0.3) is 5.56 Å². The molecule has 0 saturated heterocycles. The predicted octanol–water partition coefficient (Wildman–Crippen LogP) is 4.26. The van der Waals surface area contributed by atoms with Gasteiger partial charge in [-0.15, -0.1) is 0 Å². The maximum atomic E-state index is 13.6. The van der Waals surface area contributed by atoms with Crippen molar-refractivity contribution in [3.8, 4) is 0 Å². The summed E-state index contributed by atoms with van der Waals surface area (Å²) in [6.07, 6.45) is 2.02. The number of benzene rings is 2. The molecule has 0 saturated carbocycles. The summed E-state index contributed by atoms with van der Waals surface area (Å²) in [5, 5.41) is 3.32. The number of nitrogens with one attached hydrogen (secondary N) is 1. The normalized spacial score (nSPS) is 10.6. The molecule has 0 fully saturated rings. The van der Waals surface area contributed by atoms with E-state index in [1.54, 1.807) is 36.5 Å². The zero-order valence-electron chi connectivity index (χ0n) is 14.5. The van der Waals surface area contributed by atoms with E-state index in [0.29, 0.717) is 29.2 Å². The number of hydrogen-bond acceptors (Lipinski definition) is 2. The van der Waals surface area contributed by atoms with E-state index in [1.807, 2.05) is 18.2 Å². The Morgan fingerprint density at radius 1 is 1.00 bits per heavy atom. The number of carbonyl (C=O) groups excluding carboxylic acids is 1. The van der Waals surface area contributed by atoms with Gasteiger partial charge in [0.1, 0.15) is 5.82 Å². The molecule has 0 radical (unpaired) electrons. The van der Waals surface area contributed by atoms with Crippen LogP contribution in [0, 0.1) is 5.82 Å². The number of carbonyl (C=O) groups is 1. The van der Waals surface area contributed by atoms with Gasteiger partial charge >= 0.3 is 0 Å². The number of pyridine rings is 1. The minimum absolute atomic E-state index is 0.143. The van der Waals surface area contributed by atoms with Crippen molar-refractivity contribution in [1.29, 1.82) is 0 Å². The van der Waals surface area contributed by atoms with Crippen molar-refractivity contribution in [1.82, 2.24) is 4.57 Å². The lowest BCUT2D eigenvalue weighted by molar-refractivity contribution is -0.116. The second kappa shape index (κ2) is 8.64. The molecule has 0 bridgehead atoms. The first kappa shape index (κ1) is 18.9. The van der Waals surface area contributed by atoms with E-state index in [-0.39, 0.29) is 23.7 Å². The van der Waals surface area contributed by atoms with Crippen LogP contribution in [0.2, 0.25) is 5.02 Å². The third-order valence-corrected chi connectivity index (χ3v) is 4.51. The van der Waals surface area contributed by atoms with Crippen molar-refractivity contribution in [2.45, 2.75) is 19.4 Å². The topological polar surface area (TPSA) is 51.1 Å². The van der Waals surface area contributed by atoms with Gasteiger partial charge in [-0.2, -0.15) is 0 Å². The molecular weight excluding hydrogens is 367 g/mol. The minimum Gasteiger partial charge on any atom is -0.325 e. The van der Waals surface area contributed by atoms with Crippen LogP contribution in [0.1, 0.15) is 17.5 Å². The molecule has 3 aromatic rings. The lowest BCUT2D eigenvalue weighted by Gasteiger charge is -2.11. The SMILES string of the molecule is O=C(CCc1ccccc1F)Nc1ccc(=O)n(Cc2ccccc2Cl)c1. The van der Waals surface area contributed by atoms with Gasteiger partial charge in [-0.3, -0.25) is 9.59 Å². The fourth-order valence-corrected chi connectivity index (χ4v) is 2.91. The number of anilines is 1. The highest BCUT2D eigenvalue weighted by atomic mass is 35.5. The Kier molecular flexibility index (Phi) is 6.04. The van der Waals surface area contributed by atoms with Gasteiger partial charge in [-0.05, 0) is 35.7 Å². The molecule has 3 rings (SSSR count).